The third-order valence-corrected chi connectivity index (χ3v) is 7.20. The minimum Gasteiger partial charge on any atom is -0.550 e. The second-order valence-electron chi connectivity index (χ2n) is 11.5. The Morgan fingerprint density at radius 1 is 0.545 bits per heavy atom. The number of carboxylic acids is 2. The molecular formula is C39H70O4Sn. The second kappa shape index (κ2) is 44.1. The first-order chi connectivity index (χ1) is 20.9. The molecule has 0 amide bonds. The molecule has 0 aliphatic rings. The number of hydrogen-bond donors (Lipinski definition) is 0. The first kappa shape index (κ1) is 49.8. The molecule has 1 aromatic carbocycles. The van der Waals surface area contributed by atoms with Gasteiger partial charge in [-0.15, -0.1) is 0 Å². The minimum atomic E-state index is -1.08. The Bertz CT molecular complexity index is 684. The summed E-state index contributed by atoms with van der Waals surface area (Å²) in [5, 5.41) is 20.8. The normalized spacial score (nSPS) is 9.77. The zero-order valence-corrected chi connectivity index (χ0v) is 32.4. The van der Waals surface area contributed by atoms with Crippen LogP contribution in [0.2, 0.25) is 0 Å². The predicted octanol–water partition coefficient (Wildman–Crippen LogP) is 10.0. The molecule has 5 heteroatoms. The van der Waals surface area contributed by atoms with Gasteiger partial charge in [-0.1, -0.05) is 207 Å². The largest absolute Gasteiger partial charge is 2.00 e. The number of aromatic carboxylic acids is 1. The van der Waals surface area contributed by atoms with Crippen LogP contribution in [0.3, 0.4) is 0 Å². The van der Waals surface area contributed by atoms with Crippen LogP contribution < -0.4 is 10.2 Å². The number of hydrogen-bond acceptors (Lipinski definition) is 4. The summed E-state index contributed by atoms with van der Waals surface area (Å²) in [6, 6.07) is 6.97. The maximum absolute atomic E-state index is 10.6. The average Bonchev–Trinajstić information content (AvgIpc) is 3.01. The van der Waals surface area contributed by atoms with Crippen molar-refractivity contribution in [3.63, 3.8) is 0 Å². The van der Waals surface area contributed by atoms with E-state index >= 15 is 0 Å². The molecule has 0 fully saturated rings. The van der Waals surface area contributed by atoms with Crippen LogP contribution in [0.25, 0.3) is 0 Å². The number of carbonyl (C=O) groups is 2. The second-order valence-corrected chi connectivity index (χ2v) is 11.5. The van der Waals surface area contributed by atoms with E-state index in [0.29, 0.717) is 5.56 Å². The van der Waals surface area contributed by atoms with Crippen LogP contribution in [0.1, 0.15) is 198 Å². The van der Waals surface area contributed by atoms with Crippen molar-refractivity contribution in [1.82, 2.24) is 0 Å². The number of rotatable bonds is 24. The fourth-order valence-electron chi connectivity index (χ4n) is 4.38. The molecule has 0 heterocycles. The zero-order valence-electron chi connectivity index (χ0n) is 29.5. The molecule has 1 aromatic rings. The van der Waals surface area contributed by atoms with Gasteiger partial charge in [0.15, 0.2) is 0 Å². The van der Waals surface area contributed by atoms with Crippen LogP contribution in [-0.2, 0) is 11.2 Å². The van der Waals surface area contributed by atoms with E-state index in [9.17, 15) is 19.8 Å². The standard InChI is InChI=1S/C21H42O2.C10H12O2.2C4H9.Sn/c1-2-3-4-5-6-7-8-9-10-11-12-13-14-15-16-17-18-19-20-21(22)23;1-2-5-8-6-3-4-7-9(8)10(11)12;2*1-3-4-2;/h2-20H2,1H3,(H,22,23);3-4,6-7H,2,5H2,1H3,(H,11,12);2*1,3-4H2,2H3;/q;;;;+2/p-2. The molecule has 44 heavy (non-hydrogen) atoms. The van der Waals surface area contributed by atoms with Crippen molar-refractivity contribution >= 4 is 35.8 Å². The van der Waals surface area contributed by atoms with Crippen LogP contribution in [0.15, 0.2) is 24.3 Å². The number of aryl methyl sites for hydroxylation is 1. The van der Waals surface area contributed by atoms with Crippen molar-refractivity contribution < 1.29 is 19.8 Å². The zero-order chi connectivity index (χ0) is 32.8. The summed E-state index contributed by atoms with van der Waals surface area (Å²) < 4.78 is 0. The SMILES string of the molecule is CCCCCCCCCCCCCCCCCCCCC(=O)[O-].CCCc1ccccc1C(=O)[O-].[CH2]CCC.[CH2]CCC.[Sn+2]. The summed E-state index contributed by atoms with van der Waals surface area (Å²) in [5.74, 6) is -1.99. The predicted molar refractivity (Wildman–Crippen MR) is 189 cm³/mol. The molecule has 254 valence electrons. The smallest absolute Gasteiger partial charge is 0.550 e. The Morgan fingerprint density at radius 3 is 1.18 bits per heavy atom. The maximum atomic E-state index is 10.6. The van der Waals surface area contributed by atoms with Crippen molar-refractivity contribution in [2.75, 3.05) is 0 Å². The molecule has 0 unspecified atom stereocenters. The number of carbonyl (C=O) groups excluding carboxylic acids is 2. The van der Waals surface area contributed by atoms with E-state index in [1.807, 2.05) is 19.1 Å². The molecule has 0 aliphatic heterocycles. The third kappa shape index (κ3) is 43.1. The summed E-state index contributed by atoms with van der Waals surface area (Å²) >= 11 is 0. The van der Waals surface area contributed by atoms with Gasteiger partial charge in [-0.05, 0) is 24.8 Å². The molecular weight excluding hydrogens is 651 g/mol. The van der Waals surface area contributed by atoms with E-state index in [2.05, 4.69) is 34.6 Å². The Balaban J connectivity index is -0.000000315. The van der Waals surface area contributed by atoms with Gasteiger partial charge in [0.05, 0.1) is 5.97 Å². The molecule has 4 radical (unpaired) electrons. The van der Waals surface area contributed by atoms with Crippen molar-refractivity contribution in [3.05, 3.63) is 49.2 Å². The number of aliphatic carboxylic acids is 1. The number of benzene rings is 1. The fourth-order valence-corrected chi connectivity index (χ4v) is 4.38. The Kier molecular flexibility index (Phi) is 49.9. The van der Waals surface area contributed by atoms with E-state index in [-0.39, 0.29) is 30.3 Å². The van der Waals surface area contributed by atoms with Crippen LogP contribution in [0.4, 0.5) is 0 Å². The molecule has 0 aromatic heterocycles. The van der Waals surface area contributed by atoms with E-state index < -0.39 is 11.9 Å². The van der Waals surface area contributed by atoms with E-state index in [1.54, 1.807) is 12.1 Å². The van der Waals surface area contributed by atoms with Crippen LogP contribution in [0.5, 0.6) is 0 Å². The minimum absolute atomic E-state index is 0. The van der Waals surface area contributed by atoms with Crippen molar-refractivity contribution in [1.29, 1.82) is 0 Å². The van der Waals surface area contributed by atoms with Gasteiger partial charge in [0.2, 0.25) is 0 Å². The molecule has 0 aliphatic carbocycles. The van der Waals surface area contributed by atoms with E-state index in [4.69, 9.17) is 0 Å². The van der Waals surface area contributed by atoms with Crippen LogP contribution in [-0.4, -0.2) is 35.8 Å². The average molecular weight is 722 g/mol. The molecule has 0 bridgehead atoms. The van der Waals surface area contributed by atoms with Gasteiger partial charge in [0, 0.05) is 11.5 Å². The van der Waals surface area contributed by atoms with Gasteiger partial charge in [-0.3, -0.25) is 0 Å². The monoisotopic (exact) mass is 722 g/mol. The summed E-state index contributed by atoms with van der Waals surface area (Å²) in [5.41, 5.74) is 1.18. The van der Waals surface area contributed by atoms with Gasteiger partial charge in [0.25, 0.3) is 0 Å². The van der Waals surface area contributed by atoms with Gasteiger partial charge in [-0.2, -0.15) is 0 Å². The van der Waals surface area contributed by atoms with Crippen molar-refractivity contribution in [2.24, 2.45) is 0 Å². The topological polar surface area (TPSA) is 80.3 Å². The number of carboxylic acid groups (broad SMARTS) is 2. The van der Waals surface area contributed by atoms with E-state index in [1.165, 1.54) is 116 Å². The Labute approximate surface area is 291 Å². The van der Waals surface area contributed by atoms with Gasteiger partial charge in [0.1, 0.15) is 0 Å². The number of unbranched alkanes of at least 4 members (excludes halogenated alkanes) is 19. The molecule has 0 saturated carbocycles. The maximum Gasteiger partial charge on any atom is 2.00 e. The van der Waals surface area contributed by atoms with Crippen LogP contribution >= 0.6 is 0 Å². The first-order valence-corrected chi connectivity index (χ1v) is 17.9. The summed E-state index contributed by atoms with van der Waals surface area (Å²) in [4.78, 5) is 20.8. The molecule has 0 spiro atoms. The summed E-state index contributed by atoms with van der Waals surface area (Å²) in [7, 11) is 0. The third-order valence-electron chi connectivity index (χ3n) is 7.20. The Morgan fingerprint density at radius 2 is 0.886 bits per heavy atom. The molecule has 1 rings (SSSR count). The van der Waals surface area contributed by atoms with Gasteiger partial charge >= 0.3 is 23.9 Å². The van der Waals surface area contributed by atoms with E-state index in [0.717, 1.165) is 44.1 Å². The van der Waals surface area contributed by atoms with Gasteiger partial charge < -0.3 is 19.8 Å². The molecule has 0 N–H and O–H groups in total. The Hall–Kier alpha value is -1.04. The van der Waals surface area contributed by atoms with Gasteiger partial charge in [-0.25, -0.2) is 0 Å². The first-order valence-electron chi connectivity index (χ1n) is 17.9. The molecule has 0 saturated heterocycles. The van der Waals surface area contributed by atoms with Crippen molar-refractivity contribution in [2.45, 2.75) is 188 Å². The molecule has 0 atom stereocenters. The van der Waals surface area contributed by atoms with Crippen molar-refractivity contribution in [3.8, 4) is 0 Å². The summed E-state index contributed by atoms with van der Waals surface area (Å²) in [6.07, 6.45) is 30.6. The van der Waals surface area contributed by atoms with Crippen LogP contribution in [0, 0.1) is 13.8 Å². The molecule has 4 nitrogen and oxygen atoms in total. The fraction of sp³-hybridized carbons (Fsp3) is 0.744. The summed E-state index contributed by atoms with van der Waals surface area (Å²) in [6.45, 7) is 15.7. The quantitative estimate of drug-likeness (QED) is 0.0787.